The van der Waals surface area contributed by atoms with Crippen molar-refractivity contribution in [1.29, 1.82) is 0 Å². The maximum atomic E-state index is 13.2. The molecule has 3 rings (SSSR count). The highest BCUT2D eigenvalue weighted by Crippen LogP contribution is 2.34. The zero-order chi connectivity index (χ0) is 18.9. The summed E-state index contributed by atoms with van der Waals surface area (Å²) in [6.07, 6.45) is 1.41. The van der Waals surface area contributed by atoms with Crippen LogP contribution < -0.4 is 15.8 Å². The van der Waals surface area contributed by atoms with Gasteiger partial charge in [0.1, 0.15) is 10.6 Å². The van der Waals surface area contributed by atoms with Gasteiger partial charge in [0.2, 0.25) is 5.92 Å². The lowest BCUT2D eigenvalue weighted by Crippen LogP contribution is -2.45. The maximum Gasteiger partial charge on any atom is 0.407 e. The lowest BCUT2D eigenvalue weighted by atomic mass is 9.92. The van der Waals surface area contributed by atoms with Crippen molar-refractivity contribution in [2.24, 2.45) is 0 Å². The first-order valence-electron chi connectivity index (χ1n) is 8.53. The lowest BCUT2D eigenvalue weighted by molar-refractivity contribution is -0.0416. The van der Waals surface area contributed by atoms with E-state index < -0.39 is 23.2 Å². The number of rotatable bonds is 3. The number of hydrogen-bond donors (Lipinski definition) is 2. The van der Waals surface area contributed by atoms with Crippen LogP contribution in [0.5, 0.6) is 0 Å². The second-order valence-electron chi connectivity index (χ2n) is 7.18. The van der Waals surface area contributed by atoms with Crippen LogP contribution >= 0.6 is 11.6 Å². The molecule has 10 heteroatoms. The number of carbonyl (C=O) groups excluding carboxylic acids is 1. The van der Waals surface area contributed by atoms with E-state index in [2.05, 4.69) is 15.5 Å². The molecule has 2 fully saturated rings. The van der Waals surface area contributed by atoms with E-state index in [4.69, 9.17) is 16.3 Å². The minimum Gasteiger partial charge on any atom is -0.441 e. The standard InChI is InChI=1S/C16H21ClF2N4O3/c1-15(26-14(25)21-10-2-4-16(18,19)5-3-10)6-7-23(9-15)11-8-20-22-13(24)12(11)17/h8,10H,2-7,9H2,1H3,(H,21,25)(H,22,24). The number of H-pyrrole nitrogens is 1. The molecular weight excluding hydrogens is 370 g/mol. The van der Waals surface area contributed by atoms with Crippen molar-refractivity contribution >= 4 is 23.4 Å². The van der Waals surface area contributed by atoms with Gasteiger partial charge in [-0.2, -0.15) is 5.10 Å². The molecule has 0 bridgehead atoms. The summed E-state index contributed by atoms with van der Waals surface area (Å²) in [5.41, 5.74) is -0.766. The molecule has 0 spiro atoms. The van der Waals surface area contributed by atoms with Gasteiger partial charge in [0.15, 0.2) is 0 Å². The van der Waals surface area contributed by atoms with E-state index in [0.29, 0.717) is 25.2 Å². The first kappa shape index (κ1) is 18.9. The van der Waals surface area contributed by atoms with Gasteiger partial charge >= 0.3 is 6.09 Å². The molecule has 1 aliphatic carbocycles. The summed E-state index contributed by atoms with van der Waals surface area (Å²) in [5, 5.41) is 8.71. The van der Waals surface area contributed by atoms with E-state index in [0.717, 1.165) is 0 Å². The fraction of sp³-hybridized carbons (Fsp3) is 0.688. The van der Waals surface area contributed by atoms with Crippen molar-refractivity contribution in [3.63, 3.8) is 0 Å². The molecule has 1 amide bonds. The van der Waals surface area contributed by atoms with Crippen LogP contribution in [0.3, 0.4) is 0 Å². The van der Waals surface area contributed by atoms with Crippen LogP contribution in [0.4, 0.5) is 19.3 Å². The number of anilines is 1. The van der Waals surface area contributed by atoms with E-state index in [1.54, 1.807) is 6.92 Å². The SMILES string of the molecule is CC1(OC(=O)NC2CCC(F)(F)CC2)CCN(c2cn[nH]c(=O)c2Cl)C1. The Morgan fingerprint density at radius 1 is 1.42 bits per heavy atom. The molecule has 1 saturated heterocycles. The molecule has 1 aromatic rings. The number of alkyl carbamates (subject to hydrolysis) is 1. The molecule has 1 aliphatic heterocycles. The Morgan fingerprint density at radius 2 is 2.12 bits per heavy atom. The number of ether oxygens (including phenoxy) is 1. The minimum absolute atomic E-state index is 0.0387. The third-order valence-electron chi connectivity index (χ3n) is 4.93. The monoisotopic (exact) mass is 390 g/mol. The number of alkyl halides is 2. The average molecular weight is 391 g/mol. The van der Waals surface area contributed by atoms with Crippen molar-refractivity contribution < 1.29 is 18.3 Å². The topological polar surface area (TPSA) is 87.3 Å². The summed E-state index contributed by atoms with van der Waals surface area (Å²) in [7, 11) is 0. The smallest absolute Gasteiger partial charge is 0.407 e. The van der Waals surface area contributed by atoms with Gasteiger partial charge in [-0.1, -0.05) is 11.6 Å². The number of hydrogen-bond acceptors (Lipinski definition) is 5. The first-order chi connectivity index (χ1) is 12.2. The third kappa shape index (κ3) is 4.25. The predicted octanol–water partition coefficient (Wildman–Crippen LogP) is 2.70. The normalized spacial score (nSPS) is 25.9. The van der Waals surface area contributed by atoms with Gasteiger partial charge in [0.25, 0.3) is 5.56 Å². The van der Waals surface area contributed by atoms with E-state index in [9.17, 15) is 18.4 Å². The van der Waals surface area contributed by atoms with Crippen LogP contribution in [0.2, 0.25) is 5.02 Å². The zero-order valence-electron chi connectivity index (χ0n) is 14.4. The van der Waals surface area contributed by atoms with Crippen molar-refractivity contribution in [3.05, 3.63) is 21.6 Å². The van der Waals surface area contributed by atoms with Crippen LogP contribution in [0.25, 0.3) is 0 Å². The van der Waals surface area contributed by atoms with E-state index >= 15 is 0 Å². The molecule has 144 valence electrons. The van der Waals surface area contributed by atoms with Gasteiger partial charge in [-0.05, 0) is 19.8 Å². The molecular formula is C16H21ClF2N4O3. The molecule has 2 aliphatic rings. The van der Waals surface area contributed by atoms with Crippen LogP contribution in [-0.4, -0.2) is 46.9 Å². The summed E-state index contributed by atoms with van der Waals surface area (Å²) >= 11 is 6.02. The van der Waals surface area contributed by atoms with Gasteiger partial charge in [0, 0.05) is 31.8 Å². The molecule has 1 atom stereocenters. The number of carbonyl (C=O) groups is 1. The third-order valence-corrected chi connectivity index (χ3v) is 5.30. The molecule has 1 aromatic heterocycles. The molecule has 26 heavy (non-hydrogen) atoms. The van der Waals surface area contributed by atoms with E-state index in [-0.39, 0.29) is 36.7 Å². The van der Waals surface area contributed by atoms with Gasteiger partial charge in [0.05, 0.1) is 18.4 Å². The highest BCUT2D eigenvalue weighted by Gasteiger charge is 2.40. The number of amides is 1. The fourth-order valence-corrected chi connectivity index (χ4v) is 3.63. The summed E-state index contributed by atoms with van der Waals surface area (Å²) in [4.78, 5) is 25.6. The summed E-state index contributed by atoms with van der Waals surface area (Å²) in [6.45, 7) is 2.69. The number of aromatic nitrogens is 2. The highest BCUT2D eigenvalue weighted by molar-refractivity contribution is 6.33. The number of aromatic amines is 1. The van der Waals surface area contributed by atoms with Gasteiger partial charge in [-0.25, -0.2) is 18.7 Å². The van der Waals surface area contributed by atoms with Crippen LogP contribution in [0.1, 0.15) is 39.0 Å². The average Bonchev–Trinajstić information content (AvgIpc) is 2.93. The molecule has 2 heterocycles. The summed E-state index contributed by atoms with van der Waals surface area (Å²) in [5.74, 6) is -2.64. The predicted molar refractivity (Wildman–Crippen MR) is 91.9 cm³/mol. The number of nitrogens with one attached hydrogen (secondary N) is 2. The van der Waals surface area contributed by atoms with E-state index in [1.165, 1.54) is 6.20 Å². The van der Waals surface area contributed by atoms with Crippen molar-refractivity contribution in [2.45, 2.75) is 56.6 Å². The second kappa shape index (κ2) is 7.02. The fourth-order valence-electron chi connectivity index (χ4n) is 3.42. The first-order valence-corrected chi connectivity index (χ1v) is 8.91. The van der Waals surface area contributed by atoms with Gasteiger partial charge in [-0.15, -0.1) is 0 Å². The second-order valence-corrected chi connectivity index (χ2v) is 7.56. The zero-order valence-corrected chi connectivity index (χ0v) is 15.1. The van der Waals surface area contributed by atoms with Crippen LogP contribution in [0.15, 0.2) is 11.0 Å². The summed E-state index contributed by atoms with van der Waals surface area (Å²) in [6, 6.07) is -0.297. The molecule has 1 unspecified atom stereocenters. The lowest BCUT2D eigenvalue weighted by Gasteiger charge is -2.30. The molecule has 2 N–H and O–H groups in total. The Kier molecular flexibility index (Phi) is 5.09. The Morgan fingerprint density at radius 3 is 2.81 bits per heavy atom. The van der Waals surface area contributed by atoms with Crippen LogP contribution in [0, 0.1) is 0 Å². The van der Waals surface area contributed by atoms with Crippen LogP contribution in [-0.2, 0) is 4.74 Å². The Labute approximate surface area is 154 Å². The van der Waals surface area contributed by atoms with Crippen molar-refractivity contribution in [2.75, 3.05) is 18.0 Å². The Balaban J connectivity index is 1.56. The molecule has 1 saturated carbocycles. The summed E-state index contributed by atoms with van der Waals surface area (Å²) < 4.78 is 31.9. The van der Waals surface area contributed by atoms with Crippen molar-refractivity contribution in [1.82, 2.24) is 15.5 Å². The largest absolute Gasteiger partial charge is 0.441 e. The minimum atomic E-state index is -2.64. The molecule has 7 nitrogen and oxygen atoms in total. The number of halogens is 3. The maximum absolute atomic E-state index is 13.2. The molecule has 0 aromatic carbocycles. The number of nitrogens with zero attached hydrogens (tertiary/aromatic N) is 2. The Bertz CT molecular complexity index is 734. The Hall–Kier alpha value is -1.90. The van der Waals surface area contributed by atoms with Gasteiger partial charge < -0.3 is 15.0 Å². The quantitative estimate of drug-likeness (QED) is 0.828. The van der Waals surface area contributed by atoms with E-state index in [1.807, 2.05) is 4.90 Å². The highest BCUT2D eigenvalue weighted by atomic mass is 35.5. The van der Waals surface area contributed by atoms with Crippen molar-refractivity contribution in [3.8, 4) is 0 Å². The van der Waals surface area contributed by atoms with Gasteiger partial charge in [-0.3, -0.25) is 4.79 Å². The molecule has 0 radical (unpaired) electrons.